The molecular weight excluding hydrogens is 478 g/mol. The maximum atomic E-state index is 12.5. The number of benzene rings is 2. The van der Waals surface area contributed by atoms with Gasteiger partial charge in [0.1, 0.15) is 0 Å². The van der Waals surface area contributed by atoms with Gasteiger partial charge in [-0.2, -0.15) is 8.42 Å². The highest BCUT2D eigenvalue weighted by Crippen LogP contribution is 2.31. The standard InChI is InChI=1S/C24H30ClN3O5S/c1-18-2-6-22(7-3-18)34(31,32)33-17-19-8-9-28(15-19)23-14-21(25)5-4-20(23)16-26-10-12-27(13-11-26)24(29)30/h2-7,14,19H,8-13,15-17H2,1H3,(H,29,30)/t19-/m0/s1. The van der Waals surface area contributed by atoms with E-state index in [1.54, 1.807) is 24.3 Å². The largest absolute Gasteiger partial charge is 0.465 e. The Kier molecular flexibility index (Phi) is 7.67. The first-order valence-electron chi connectivity index (χ1n) is 11.4. The molecule has 2 aromatic carbocycles. The Balaban J connectivity index is 1.37. The van der Waals surface area contributed by atoms with Gasteiger partial charge in [-0.25, -0.2) is 4.79 Å². The average molecular weight is 508 g/mol. The summed E-state index contributed by atoms with van der Waals surface area (Å²) in [4.78, 5) is 17.3. The Hall–Kier alpha value is -2.33. The van der Waals surface area contributed by atoms with Gasteiger partial charge in [-0.1, -0.05) is 35.4 Å². The molecule has 1 amide bonds. The lowest BCUT2D eigenvalue weighted by atomic mass is 10.1. The van der Waals surface area contributed by atoms with Crippen LogP contribution in [0.4, 0.5) is 10.5 Å². The number of aryl methyl sites for hydroxylation is 1. The highest BCUT2D eigenvalue weighted by Gasteiger charge is 2.28. The summed E-state index contributed by atoms with van der Waals surface area (Å²) in [6.45, 7) is 6.59. The molecule has 2 aliphatic rings. The Morgan fingerprint density at radius 1 is 1.09 bits per heavy atom. The summed E-state index contributed by atoms with van der Waals surface area (Å²) < 4.78 is 30.5. The quantitative estimate of drug-likeness (QED) is 0.572. The maximum absolute atomic E-state index is 12.5. The van der Waals surface area contributed by atoms with E-state index in [2.05, 4.69) is 9.80 Å². The predicted molar refractivity (Wildman–Crippen MR) is 131 cm³/mol. The number of carboxylic acid groups (broad SMARTS) is 1. The summed E-state index contributed by atoms with van der Waals surface area (Å²) in [5.41, 5.74) is 3.16. The smallest absolute Gasteiger partial charge is 0.407 e. The van der Waals surface area contributed by atoms with Crippen molar-refractivity contribution in [2.45, 2.75) is 24.8 Å². The first-order chi connectivity index (χ1) is 16.2. The molecule has 0 radical (unpaired) electrons. The van der Waals surface area contributed by atoms with E-state index in [4.69, 9.17) is 20.9 Å². The van der Waals surface area contributed by atoms with Crippen molar-refractivity contribution in [3.05, 3.63) is 58.6 Å². The van der Waals surface area contributed by atoms with E-state index in [9.17, 15) is 13.2 Å². The van der Waals surface area contributed by atoms with E-state index < -0.39 is 16.2 Å². The number of nitrogens with zero attached hydrogens (tertiary/aromatic N) is 3. The fourth-order valence-corrected chi connectivity index (χ4v) is 5.59. The van der Waals surface area contributed by atoms with Gasteiger partial charge in [0.25, 0.3) is 10.1 Å². The van der Waals surface area contributed by atoms with Crippen molar-refractivity contribution < 1.29 is 22.5 Å². The lowest BCUT2D eigenvalue weighted by Crippen LogP contribution is -2.47. The molecule has 0 spiro atoms. The lowest BCUT2D eigenvalue weighted by molar-refractivity contribution is 0.103. The maximum Gasteiger partial charge on any atom is 0.407 e. The topological polar surface area (TPSA) is 90.4 Å². The Morgan fingerprint density at radius 2 is 1.79 bits per heavy atom. The normalized spacial score (nSPS) is 19.5. The van der Waals surface area contributed by atoms with Crippen molar-refractivity contribution in [3.8, 4) is 0 Å². The zero-order valence-electron chi connectivity index (χ0n) is 19.2. The molecule has 0 bridgehead atoms. The minimum Gasteiger partial charge on any atom is -0.465 e. The van der Waals surface area contributed by atoms with E-state index >= 15 is 0 Å². The molecule has 34 heavy (non-hydrogen) atoms. The second-order valence-corrected chi connectivity index (χ2v) is 11.0. The molecule has 184 valence electrons. The van der Waals surface area contributed by atoms with Crippen LogP contribution < -0.4 is 4.90 Å². The summed E-state index contributed by atoms with van der Waals surface area (Å²) in [5, 5.41) is 9.81. The van der Waals surface area contributed by atoms with Crippen LogP contribution in [0.2, 0.25) is 5.02 Å². The minimum atomic E-state index is -3.78. The molecule has 2 heterocycles. The van der Waals surface area contributed by atoms with Gasteiger partial charge in [-0.15, -0.1) is 0 Å². The second kappa shape index (κ2) is 10.5. The van der Waals surface area contributed by atoms with Crippen molar-refractivity contribution in [1.29, 1.82) is 0 Å². The number of piperazine rings is 1. The number of halogens is 1. The number of rotatable bonds is 7. The third kappa shape index (κ3) is 6.02. The molecular formula is C24H30ClN3O5S. The molecule has 2 aromatic rings. The molecule has 2 saturated heterocycles. The predicted octanol–water partition coefficient (Wildman–Crippen LogP) is 3.68. The molecule has 2 fully saturated rings. The molecule has 8 nitrogen and oxygen atoms in total. The van der Waals surface area contributed by atoms with Crippen LogP contribution in [0.3, 0.4) is 0 Å². The van der Waals surface area contributed by atoms with Crippen molar-refractivity contribution in [2.75, 3.05) is 50.8 Å². The number of hydrogen-bond acceptors (Lipinski definition) is 6. The summed E-state index contributed by atoms with van der Waals surface area (Å²) in [5.74, 6) is 0.0890. The fraction of sp³-hybridized carbons (Fsp3) is 0.458. The van der Waals surface area contributed by atoms with Gasteiger partial charge < -0.3 is 14.9 Å². The van der Waals surface area contributed by atoms with Gasteiger partial charge in [-0.3, -0.25) is 9.08 Å². The van der Waals surface area contributed by atoms with E-state index in [1.165, 1.54) is 4.90 Å². The Morgan fingerprint density at radius 3 is 2.47 bits per heavy atom. The van der Waals surface area contributed by atoms with E-state index in [1.807, 2.05) is 25.1 Å². The van der Waals surface area contributed by atoms with Gasteiger partial charge in [0.2, 0.25) is 0 Å². The molecule has 1 N–H and O–H groups in total. The fourth-order valence-electron chi connectivity index (χ4n) is 4.45. The van der Waals surface area contributed by atoms with Crippen LogP contribution in [-0.4, -0.2) is 75.3 Å². The molecule has 2 aliphatic heterocycles. The van der Waals surface area contributed by atoms with Crippen LogP contribution in [0.1, 0.15) is 17.5 Å². The lowest BCUT2D eigenvalue weighted by Gasteiger charge is -2.34. The SMILES string of the molecule is Cc1ccc(S(=O)(=O)OC[C@H]2CCN(c3cc(Cl)ccc3CN3CCN(C(=O)O)CC3)C2)cc1. The van der Waals surface area contributed by atoms with Crippen LogP contribution >= 0.6 is 11.6 Å². The van der Waals surface area contributed by atoms with E-state index in [-0.39, 0.29) is 17.4 Å². The molecule has 0 unspecified atom stereocenters. The number of amides is 1. The van der Waals surface area contributed by atoms with Crippen LogP contribution in [0.5, 0.6) is 0 Å². The zero-order chi connectivity index (χ0) is 24.3. The van der Waals surface area contributed by atoms with Crippen molar-refractivity contribution in [2.24, 2.45) is 5.92 Å². The first-order valence-corrected chi connectivity index (χ1v) is 13.2. The molecule has 1 atom stereocenters. The Bertz CT molecular complexity index is 1120. The zero-order valence-corrected chi connectivity index (χ0v) is 20.8. The second-order valence-electron chi connectivity index (χ2n) is 8.97. The average Bonchev–Trinajstić information content (AvgIpc) is 3.29. The van der Waals surface area contributed by atoms with Gasteiger partial charge in [-0.05, 0) is 43.2 Å². The van der Waals surface area contributed by atoms with Gasteiger partial charge in [0.15, 0.2) is 0 Å². The van der Waals surface area contributed by atoms with E-state index in [0.29, 0.717) is 44.3 Å². The number of hydrogen-bond donors (Lipinski definition) is 1. The summed E-state index contributed by atoms with van der Waals surface area (Å²) in [6.07, 6.45) is -0.0475. The van der Waals surface area contributed by atoms with Gasteiger partial charge in [0, 0.05) is 62.4 Å². The molecule has 4 rings (SSSR count). The Labute approximate surface area is 205 Å². The van der Waals surface area contributed by atoms with Crippen LogP contribution in [0.25, 0.3) is 0 Å². The van der Waals surface area contributed by atoms with Gasteiger partial charge >= 0.3 is 6.09 Å². The van der Waals surface area contributed by atoms with Crippen molar-refractivity contribution in [1.82, 2.24) is 9.80 Å². The minimum absolute atomic E-state index is 0.0890. The molecule has 10 heteroatoms. The van der Waals surface area contributed by atoms with E-state index in [0.717, 1.165) is 29.8 Å². The number of carbonyl (C=O) groups is 1. The van der Waals surface area contributed by atoms with Crippen molar-refractivity contribution in [3.63, 3.8) is 0 Å². The summed E-state index contributed by atoms with van der Waals surface area (Å²) >= 11 is 6.31. The highest BCUT2D eigenvalue weighted by molar-refractivity contribution is 7.86. The monoisotopic (exact) mass is 507 g/mol. The summed E-state index contributed by atoms with van der Waals surface area (Å²) in [6, 6.07) is 12.5. The van der Waals surface area contributed by atoms with Crippen molar-refractivity contribution >= 4 is 33.5 Å². The van der Waals surface area contributed by atoms with Gasteiger partial charge in [0.05, 0.1) is 11.5 Å². The summed E-state index contributed by atoms with van der Waals surface area (Å²) in [7, 11) is -3.78. The van der Waals surface area contributed by atoms with Crippen LogP contribution in [0.15, 0.2) is 47.4 Å². The van der Waals surface area contributed by atoms with Crippen LogP contribution in [0, 0.1) is 12.8 Å². The number of anilines is 1. The molecule has 0 aromatic heterocycles. The molecule has 0 saturated carbocycles. The highest BCUT2D eigenvalue weighted by atomic mass is 35.5. The molecule has 0 aliphatic carbocycles. The first kappa shape index (κ1) is 24.8. The third-order valence-electron chi connectivity index (χ3n) is 6.48. The van der Waals surface area contributed by atoms with Crippen LogP contribution in [-0.2, 0) is 20.8 Å². The third-order valence-corrected chi connectivity index (χ3v) is 8.01.